The van der Waals surface area contributed by atoms with Gasteiger partial charge >= 0.3 is 5.97 Å². The standard InChI is InChI=1S/C18H18O4/c1-3-14-10-16(8-9-17(14)12(2)19)22-11-13-4-6-15(7-5-13)18(20)21/h4-10H,3,11H2,1-2H3,(H,20,21). The zero-order valence-corrected chi connectivity index (χ0v) is 12.6. The molecule has 0 saturated heterocycles. The van der Waals surface area contributed by atoms with Crippen molar-refractivity contribution in [2.24, 2.45) is 0 Å². The first-order valence-electron chi connectivity index (χ1n) is 7.10. The summed E-state index contributed by atoms with van der Waals surface area (Å²) in [6.07, 6.45) is 0.763. The molecule has 0 aromatic heterocycles. The Labute approximate surface area is 129 Å². The van der Waals surface area contributed by atoms with E-state index >= 15 is 0 Å². The molecule has 0 spiro atoms. The third-order valence-electron chi connectivity index (χ3n) is 3.44. The third-order valence-corrected chi connectivity index (χ3v) is 3.44. The minimum atomic E-state index is -0.945. The van der Waals surface area contributed by atoms with Crippen LogP contribution in [-0.2, 0) is 13.0 Å². The quantitative estimate of drug-likeness (QED) is 0.825. The van der Waals surface area contributed by atoms with Gasteiger partial charge in [-0.3, -0.25) is 4.79 Å². The average molecular weight is 298 g/mol. The lowest BCUT2D eigenvalue weighted by molar-refractivity contribution is 0.0696. The Balaban J connectivity index is 2.08. The zero-order valence-electron chi connectivity index (χ0n) is 12.6. The normalized spacial score (nSPS) is 10.3. The van der Waals surface area contributed by atoms with Gasteiger partial charge in [-0.1, -0.05) is 19.1 Å². The Morgan fingerprint density at radius 1 is 1.09 bits per heavy atom. The molecule has 0 aliphatic heterocycles. The summed E-state index contributed by atoms with van der Waals surface area (Å²) in [5, 5.41) is 8.85. The molecule has 1 N–H and O–H groups in total. The van der Waals surface area contributed by atoms with Gasteiger partial charge < -0.3 is 9.84 Å². The highest BCUT2D eigenvalue weighted by molar-refractivity contribution is 5.95. The molecule has 4 nitrogen and oxygen atoms in total. The van der Waals surface area contributed by atoms with Gasteiger partial charge in [0.2, 0.25) is 0 Å². The molecule has 0 bridgehead atoms. The molecule has 0 atom stereocenters. The number of aryl methyl sites for hydroxylation is 1. The van der Waals surface area contributed by atoms with E-state index in [1.54, 1.807) is 43.3 Å². The van der Waals surface area contributed by atoms with Crippen LogP contribution in [0, 0.1) is 0 Å². The zero-order chi connectivity index (χ0) is 16.1. The Morgan fingerprint density at radius 3 is 2.32 bits per heavy atom. The van der Waals surface area contributed by atoms with Crippen LogP contribution in [0.4, 0.5) is 0 Å². The highest BCUT2D eigenvalue weighted by atomic mass is 16.5. The van der Waals surface area contributed by atoms with Crippen LogP contribution in [0.3, 0.4) is 0 Å². The van der Waals surface area contributed by atoms with Gasteiger partial charge in [0.25, 0.3) is 0 Å². The van der Waals surface area contributed by atoms with E-state index in [-0.39, 0.29) is 11.3 Å². The molecule has 22 heavy (non-hydrogen) atoms. The molecule has 0 aliphatic carbocycles. The maximum Gasteiger partial charge on any atom is 0.335 e. The van der Waals surface area contributed by atoms with E-state index in [4.69, 9.17) is 9.84 Å². The lowest BCUT2D eigenvalue weighted by Crippen LogP contribution is -2.01. The van der Waals surface area contributed by atoms with E-state index in [0.717, 1.165) is 23.1 Å². The summed E-state index contributed by atoms with van der Waals surface area (Å²) >= 11 is 0. The highest BCUT2D eigenvalue weighted by Gasteiger charge is 2.08. The molecule has 0 aliphatic rings. The van der Waals surface area contributed by atoms with Crippen LogP contribution in [0.2, 0.25) is 0 Å². The van der Waals surface area contributed by atoms with E-state index < -0.39 is 5.97 Å². The van der Waals surface area contributed by atoms with Gasteiger partial charge in [0.05, 0.1) is 5.56 Å². The molecular weight excluding hydrogens is 280 g/mol. The molecule has 114 valence electrons. The van der Waals surface area contributed by atoms with Crippen LogP contribution < -0.4 is 4.74 Å². The smallest absolute Gasteiger partial charge is 0.335 e. The predicted molar refractivity (Wildman–Crippen MR) is 83.6 cm³/mol. The number of hydrogen-bond acceptors (Lipinski definition) is 3. The molecule has 0 amide bonds. The molecule has 0 radical (unpaired) electrons. The summed E-state index contributed by atoms with van der Waals surface area (Å²) in [4.78, 5) is 22.3. The van der Waals surface area contributed by atoms with Crippen molar-refractivity contribution in [3.05, 3.63) is 64.7 Å². The van der Waals surface area contributed by atoms with E-state index in [0.29, 0.717) is 12.4 Å². The van der Waals surface area contributed by atoms with Crippen molar-refractivity contribution in [3.8, 4) is 5.75 Å². The molecule has 2 rings (SSSR count). The average Bonchev–Trinajstić information content (AvgIpc) is 2.52. The number of hydrogen-bond donors (Lipinski definition) is 1. The Hall–Kier alpha value is -2.62. The van der Waals surface area contributed by atoms with Crippen LogP contribution >= 0.6 is 0 Å². The van der Waals surface area contributed by atoms with Gasteiger partial charge in [-0.25, -0.2) is 4.79 Å². The molecule has 4 heteroatoms. The van der Waals surface area contributed by atoms with Gasteiger partial charge in [0, 0.05) is 5.56 Å². The second kappa shape index (κ2) is 6.89. The molecule has 0 unspecified atom stereocenters. The Kier molecular flexibility index (Phi) is 4.94. The first kappa shape index (κ1) is 15.8. The van der Waals surface area contributed by atoms with Crippen molar-refractivity contribution in [2.75, 3.05) is 0 Å². The number of ketones is 1. The second-order valence-corrected chi connectivity index (χ2v) is 5.02. The van der Waals surface area contributed by atoms with Gasteiger partial charge in [0.1, 0.15) is 12.4 Å². The van der Waals surface area contributed by atoms with Crippen molar-refractivity contribution < 1.29 is 19.4 Å². The largest absolute Gasteiger partial charge is 0.489 e. The van der Waals surface area contributed by atoms with Crippen molar-refractivity contribution in [1.82, 2.24) is 0 Å². The summed E-state index contributed by atoms with van der Waals surface area (Å²) in [6, 6.07) is 12.0. The number of aromatic carboxylic acids is 1. The van der Waals surface area contributed by atoms with Crippen molar-refractivity contribution >= 4 is 11.8 Å². The lowest BCUT2D eigenvalue weighted by atomic mass is 10.0. The van der Waals surface area contributed by atoms with Crippen LogP contribution in [0.25, 0.3) is 0 Å². The number of Topliss-reactive ketones (excluding diaryl/α,β-unsaturated/α-hetero) is 1. The summed E-state index contributed by atoms with van der Waals surface area (Å²) in [6.45, 7) is 3.90. The molecule has 2 aromatic rings. The maximum atomic E-state index is 11.5. The number of carbonyl (C=O) groups is 2. The van der Waals surface area contributed by atoms with Crippen molar-refractivity contribution in [3.63, 3.8) is 0 Å². The fraction of sp³-hybridized carbons (Fsp3) is 0.222. The molecule has 0 fully saturated rings. The summed E-state index contributed by atoms with van der Waals surface area (Å²) in [7, 11) is 0. The molecule has 0 saturated carbocycles. The molecule has 2 aromatic carbocycles. The third kappa shape index (κ3) is 3.73. The maximum absolute atomic E-state index is 11.5. The van der Waals surface area contributed by atoms with Crippen molar-refractivity contribution in [2.45, 2.75) is 26.9 Å². The SMILES string of the molecule is CCc1cc(OCc2ccc(C(=O)O)cc2)ccc1C(C)=O. The van der Waals surface area contributed by atoms with E-state index in [2.05, 4.69) is 0 Å². The topological polar surface area (TPSA) is 63.6 Å². The first-order chi connectivity index (χ1) is 10.5. The van der Waals surface area contributed by atoms with Crippen molar-refractivity contribution in [1.29, 1.82) is 0 Å². The number of carboxylic acids is 1. The van der Waals surface area contributed by atoms with Gasteiger partial charge in [-0.05, 0) is 54.8 Å². The number of ether oxygens (including phenoxy) is 1. The monoisotopic (exact) mass is 298 g/mol. The van der Waals surface area contributed by atoms with Crippen LogP contribution in [0.5, 0.6) is 5.75 Å². The minimum Gasteiger partial charge on any atom is -0.489 e. The summed E-state index contributed by atoms with van der Waals surface area (Å²) in [5.74, 6) is -0.198. The van der Waals surface area contributed by atoms with E-state index in [1.807, 2.05) is 13.0 Å². The fourth-order valence-corrected chi connectivity index (χ4v) is 2.21. The van der Waals surface area contributed by atoms with Gasteiger partial charge in [-0.2, -0.15) is 0 Å². The minimum absolute atomic E-state index is 0.0488. The predicted octanol–water partition coefficient (Wildman–Crippen LogP) is 3.73. The first-order valence-corrected chi connectivity index (χ1v) is 7.10. The second-order valence-electron chi connectivity index (χ2n) is 5.02. The Bertz CT molecular complexity index is 687. The van der Waals surface area contributed by atoms with E-state index in [9.17, 15) is 9.59 Å². The van der Waals surface area contributed by atoms with Gasteiger partial charge in [0.15, 0.2) is 5.78 Å². The fourth-order valence-electron chi connectivity index (χ4n) is 2.21. The summed E-state index contributed by atoms with van der Waals surface area (Å²) in [5.41, 5.74) is 2.83. The van der Waals surface area contributed by atoms with Crippen LogP contribution in [-0.4, -0.2) is 16.9 Å². The highest BCUT2D eigenvalue weighted by Crippen LogP contribution is 2.20. The molecule has 0 heterocycles. The number of carbonyl (C=O) groups excluding carboxylic acids is 1. The number of rotatable bonds is 6. The van der Waals surface area contributed by atoms with Crippen LogP contribution in [0.1, 0.15) is 45.7 Å². The Morgan fingerprint density at radius 2 is 1.77 bits per heavy atom. The lowest BCUT2D eigenvalue weighted by Gasteiger charge is -2.10. The van der Waals surface area contributed by atoms with Gasteiger partial charge in [-0.15, -0.1) is 0 Å². The van der Waals surface area contributed by atoms with E-state index in [1.165, 1.54) is 0 Å². The number of benzene rings is 2. The molecular formula is C18H18O4. The van der Waals surface area contributed by atoms with Crippen LogP contribution in [0.15, 0.2) is 42.5 Å². The summed E-state index contributed by atoms with van der Waals surface area (Å²) < 4.78 is 5.71. The number of carboxylic acid groups (broad SMARTS) is 1.